The van der Waals surface area contributed by atoms with E-state index in [1.165, 1.54) is 38.5 Å². The molecule has 2 aliphatic heterocycles. The lowest BCUT2D eigenvalue weighted by Crippen LogP contribution is -2.38. The van der Waals surface area contributed by atoms with Crippen LogP contribution in [-0.2, 0) is 0 Å². The van der Waals surface area contributed by atoms with Gasteiger partial charge in [0.15, 0.2) is 11.5 Å². The zero-order chi connectivity index (χ0) is 18.5. The fourth-order valence-corrected chi connectivity index (χ4v) is 4.19. The first-order valence-corrected chi connectivity index (χ1v) is 10.3. The summed E-state index contributed by atoms with van der Waals surface area (Å²) in [6.07, 6.45) is 7.51. The van der Waals surface area contributed by atoms with Crippen molar-refractivity contribution in [3.05, 3.63) is 30.0 Å². The lowest BCUT2D eigenvalue weighted by Gasteiger charge is -2.28. The maximum Gasteiger partial charge on any atom is 0.272 e. The Morgan fingerprint density at radius 3 is 2.30 bits per heavy atom. The number of amides is 1. The van der Waals surface area contributed by atoms with Crippen molar-refractivity contribution < 1.29 is 4.79 Å². The number of likely N-dealkylation sites (tertiary alicyclic amines) is 1. The van der Waals surface area contributed by atoms with Gasteiger partial charge in [-0.05, 0) is 45.2 Å². The molecule has 6 heteroatoms. The molecule has 1 amide bonds. The summed E-state index contributed by atoms with van der Waals surface area (Å²) >= 11 is 0. The van der Waals surface area contributed by atoms with E-state index in [9.17, 15) is 4.79 Å². The van der Waals surface area contributed by atoms with Crippen LogP contribution in [0.5, 0.6) is 0 Å². The number of hydrogen-bond donors (Lipinski definition) is 1. The van der Waals surface area contributed by atoms with Crippen molar-refractivity contribution in [3.8, 4) is 0 Å². The first-order chi connectivity index (χ1) is 13.3. The van der Waals surface area contributed by atoms with Crippen molar-refractivity contribution in [3.63, 3.8) is 0 Å². The Bertz CT molecular complexity index is 781. The summed E-state index contributed by atoms with van der Waals surface area (Å²) in [5, 5.41) is 13.7. The Morgan fingerprint density at radius 1 is 0.889 bits per heavy atom. The molecule has 2 aromatic rings. The predicted molar refractivity (Wildman–Crippen MR) is 108 cm³/mol. The fourth-order valence-electron chi connectivity index (χ4n) is 4.19. The topological polar surface area (TPSA) is 61.4 Å². The molecule has 6 nitrogen and oxygen atoms in total. The van der Waals surface area contributed by atoms with Gasteiger partial charge < -0.3 is 15.1 Å². The van der Waals surface area contributed by atoms with E-state index in [0.717, 1.165) is 49.3 Å². The number of carbonyl (C=O) groups excluding carboxylic acids is 1. The van der Waals surface area contributed by atoms with Crippen LogP contribution in [0, 0.1) is 0 Å². The average molecular weight is 367 g/mol. The molecular formula is C21H29N5O. The van der Waals surface area contributed by atoms with Crippen molar-refractivity contribution in [2.24, 2.45) is 0 Å². The van der Waals surface area contributed by atoms with Gasteiger partial charge in [0.2, 0.25) is 0 Å². The molecule has 4 rings (SSSR count). The van der Waals surface area contributed by atoms with E-state index >= 15 is 0 Å². The first kappa shape index (κ1) is 18.2. The molecule has 1 aromatic heterocycles. The van der Waals surface area contributed by atoms with Crippen LogP contribution in [0.4, 0.5) is 5.82 Å². The number of nitrogens with zero attached hydrogens (tertiary/aromatic N) is 4. The number of fused-ring (bicyclic) bond motifs is 1. The van der Waals surface area contributed by atoms with Crippen LogP contribution in [0.25, 0.3) is 10.8 Å². The third kappa shape index (κ3) is 4.21. The molecule has 0 spiro atoms. The van der Waals surface area contributed by atoms with Crippen LogP contribution in [0.2, 0.25) is 0 Å². The monoisotopic (exact) mass is 367 g/mol. The fraction of sp³-hybridized carbons (Fsp3) is 0.571. The maximum absolute atomic E-state index is 12.7. The van der Waals surface area contributed by atoms with E-state index < -0.39 is 0 Å². The Hall–Kier alpha value is -2.21. The van der Waals surface area contributed by atoms with Crippen molar-refractivity contribution >= 4 is 22.5 Å². The van der Waals surface area contributed by atoms with Gasteiger partial charge in [0.1, 0.15) is 0 Å². The van der Waals surface area contributed by atoms with Crippen LogP contribution in [0.15, 0.2) is 24.3 Å². The van der Waals surface area contributed by atoms with Gasteiger partial charge in [0.25, 0.3) is 5.91 Å². The van der Waals surface area contributed by atoms with E-state index in [1.807, 2.05) is 18.2 Å². The largest absolute Gasteiger partial charge is 0.355 e. The lowest BCUT2D eigenvalue weighted by molar-refractivity contribution is 0.0942. The van der Waals surface area contributed by atoms with Crippen LogP contribution in [-0.4, -0.2) is 60.3 Å². The van der Waals surface area contributed by atoms with E-state index in [-0.39, 0.29) is 5.91 Å². The quantitative estimate of drug-likeness (QED) is 0.880. The Morgan fingerprint density at radius 2 is 1.56 bits per heavy atom. The number of nitrogens with one attached hydrogen (secondary N) is 1. The van der Waals surface area contributed by atoms with Gasteiger partial charge >= 0.3 is 0 Å². The van der Waals surface area contributed by atoms with Crippen molar-refractivity contribution in [2.45, 2.75) is 38.5 Å². The van der Waals surface area contributed by atoms with Gasteiger partial charge in [-0.1, -0.05) is 30.7 Å². The SMILES string of the molecule is O=C(NCCN1CCCCC1)c1nnc(N2CCCCC2)c2ccccc12. The molecule has 0 saturated carbocycles. The minimum atomic E-state index is -0.124. The molecule has 0 bridgehead atoms. The van der Waals surface area contributed by atoms with Crippen LogP contribution < -0.4 is 10.2 Å². The van der Waals surface area contributed by atoms with E-state index in [2.05, 4.69) is 31.4 Å². The van der Waals surface area contributed by atoms with Crippen LogP contribution >= 0.6 is 0 Å². The maximum atomic E-state index is 12.7. The molecule has 1 N–H and O–H groups in total. The number of benzene rings is 1. The third-order valence-electron chi connectivity index (χ3n) is 5.70. The molecule has 2 aliphatic rings. The number of rotatable bonds is 5. The van der Waals surface area contributed by atoms with Gasteiger partial charge in [-0.15, -0.1) is 10.2 Å². The van der Waals surface area contributed by atoms with Crippen molar-refractivity contribution in [2.75, 3.05) is 44.2 Å². The van der Waals surface area contributed by atoms with E-state index in [0.29, 0.717) is 12.2 Å². The predicted octanol–water partition coefficient (Wildman–Crippen LogP) is 2.84. The summed E-state index contributed by atoms with van der Waals surface area (Å²) in [4.78, 5) is 17.5. The normalized spacial score (nSPS) is 18.6. The highest BCUT2D eigenvalue weighted by molar-refractivity contribution is 6.07. The number of aromatic nitrogens is 2. The van der Waals surface area contributed by atoms with Gasteiger partial charge in [0.05, 0.1) is 0 Å². The summed E-state index contributed by atoms with van der Waals surface area (Å²) in [6, 6.07) is 8.01. The average Bonchev–Trinajstić information content (AvgIpc) is 2.74. The van der Waals surface area contributed by atoms with Gasteiger partial charge in [-0.2, -0.15) is 0 Å². The smallest absolute Gasteiger partial charge is 0.272 e. The molecule has 3 heterocycles. The molecule has 2 saturated heterocycles. The lowest BCUT2D eigenvalue weighted by atomic mass is 10.1. The first-order valence-electron chi connectivity index (χ1n) is 10.3. The molecule has 144 valence electrons. The summed E-state index contributed by atoms with van der Waals surface area (Å²) in [6.45, 7) is 5.87. The molecule has 27 heavy (non-hydrogen) atoms. The van der Waals surface area contributed by atoms with Gasteiger partial charge in [-0.3, -0.25) is 4.79 Å². The Balaban J connectivity index is 1.48. The molecule has 0 unspecified atom stereocenters. The molecular weight excluding hydrogens is 338 g/mol. The Labute approximate surface area is 160 Å². The van der Waals surface area contributed by atoms with Crippen molar-refractivity contribution in [1.29, 1.82) is 0 Å². The van der Waals surface area contributed by atoms with Gasteiger partial charge in [-0.25, -0.2) is 0 Å². The third-order valence-corrected chi connectivity index (χ3v) is 5.70. The summed E-state index contributed by atoms with van der Waals surface area (Å²) in [7, 11) is 0. The standard InChI is InChI=1S/C21H29N5O/c27-21(22-11-16-25-12-5-1-6-13-25)19-17-9-3-4-10-18(17)20(24-23-19)26-14-7-2-8-15-26/h3-4,9-10H,1-2,5-8,11-16H2,(H,22,27). The number of hydrogen-bond acceptors (Lipinski definition) is 5. The minimum absolute atomic E-state index is 0.124. The van der Waals surface area contributed by atoms with Crippen LogP contribution in [0.3, 0.4) is 0 Å². The summed E-state index contributed by atoms with van der Waals surface area (Å²) in [5.74, 6) is 0.788. The summed E-state index contributed by atoms with van der Waals surface area (Å²) < 4.78 is 0. The zero-order valence-corrected chi connectivity index (χ0v) is 16.0. The molecule has 0 atom stereocenters. The molecule has 0 aliphatic carbocycles. The second kappa shape index (κ2) is 8.65. The van der Waals surface area contributed by atoms with Gasteiger partial charge in [0, 0.05) is 37.0 Å². The number of piperidine rings is 2. The molecule has 1 aromatic carbocycles. The molecule has 2 fully saturated rings. The van der Waals surface area contributed by atoms with E-state index in [4.69, 9.17) is 0 Å². The second-order valence-corrected chi connectivity index (χ2v) is 7.62. The minimum Gasteiger partial charge on any atom is -0.355 e. The highest BCUT2D eigenvalue weighted by Crippen LogP contribution is 2.27. The number of carbonyl (C=O) groups is 1. The van der Waals surface area contributed by atoms with E-state index in [1.54, 1.807) is 0 Å². The highest BCUT2D eigenvalue weighted by atomic mass is 16.1. The highest BCUT2D eigenvalue weighted by Gasteiger charge is 2.20. The van der Waals surface area contributed by atoms with Crippen LogP contribution in [0.1, 0.15) is 49.0 Å². The Kier molecular flexibility index (Phi) is 5.82. The zero-order valence-electron chi connectivity index (χ0n) is 16.0. The van der Waals surface area contributed by atoms with Crippen molar-refractivity contribution in [1.82, 2.24) is 20.4 Å². The summed E-state index contributed by atoms with van der Waals surface area (Å²) in [5.41, 5.74) is 0.435. The molecule has 0 radical (unpaired) electrons. The second-order valence-electron chi connectivity index (χ2n) is 7.62. The number of anilines is 1.